The average molecular weight is 225 g/mol. The summed E-state index contributed by atoms with van der Waals surface area (Å²) in [5.74, 6) is -2.41. The molecule has 0 spiro atoms. The zero-order valence-corrected chi connectivity index (χ0v) is 8.34. The van der Waals surface area contributed by atoms with Crippen molar-refractivity contribution < 1.29 is 17.9 Å². The summed E-state index contributed by atoms with van der Waals surface area (Å²) >= 11 is 0. The molecule has 0 bridgehead atoms. The van der Waals surface area contributed by atoms with Crippen LogP contribution in [-0.4, -0.2) is 43.8 Å². The molecular weight excluding hydrogens is 211 g/mol. The smallest absolute Gasteiger partial charge is 0.384 e. The third-order valence-corrected chi connectivity index (χ3v) is 2.58. The Labute approximate surface area is 85.7 Å². The fourth-order valence-corrected chi connectivity index (χ4v) is 1.82. The summed E-state index contributed by atoms with van der Waals surface area (Å²) in [5, 5.41) is 7.10. The second kappa shape index (κ2) is 4.26. The molecule has 1 heterocycles. The van der Waals surface area contributed by atoms with E-state index in [2.05, 4.69) is 0 Å². The summed E-state index contributed by atoms with van der Waals surface area (Å²) in [6.45, 7) is -0.0752. The molecule has 0 aliphatic carbocycles. The topological polar surface area (TPSA) is 62.3 Å². The Morgan fingerprint density at radius 1 is 1.53 bits per heavy atom. The Hall–Kier alpha value is -0.980. The van der Waals surface area contributed by atoms with Gasteiger partial charge in [0.05, 0.1) is 12.5 Å². The van der Waals surface area contributed by atoms with Crippen molar-refractivity contribution in [1.82, 2.24) is 4.90 Å². The molecule has 0 amide bonds. The second-order valence-electron chi connectivity index (χ2n) is 3.65. The molecule has 2 unspecified atom stereocenters. The number of halogens is 3. The van der Waals surface area contributed by atoms with Crippen LogP contribution in [0.3, 0.4) is 0 Å². The number of alkyl halides is 3. The van der Waals surface area contributed by atoms with Crippen molar-refractivity contribution in [2.75, 3.05) is 26.8 Å². The highest BCUT2D eigenvalue weighted by Crippen LogP contribution is 2.37. The highest BCUT2D eigenvalue weighted by molar-refractivity contribution is 5.74. The molecule has 0 aromatic carbocycles. The van der Waals surface area contributed by atoms with E-state index in [1.54, 1.807) is 0 Å². The lowest BCUT2D eigenvalue weighted by atomic mass is 9.96. The summed E-state index contributed by atoms with van der Waals surface area (Å²) in [5.41, 5.74) is 5.16. The Morgan fingerprint density at radius 2 is 2.13 bits per heavy atom. The van der Waals surface area contributed by atoms with Crippen molar-refractivity contribution in [1.29, 1.82) is 5.41 Å². The van der Waals surface area contributed by atoms with Crippen molar-refractivity contribution in [2.24, 2.45) is 17.6 Å². The Kier molecular flexibility index (Phi) is 3.43. The Balaban J connectivity index is 2.72. The van der Waals surface area contributed by atoms with E-state index < -0.39 is 18.0 Å². The van der Waals surface area contributed by atoms with Crippen LogP contribution in [0.1, 0.15) is 0 Å². The maximum atomic E-state index is 12.6. The Bertz CT molecular complexity index is 244. The van der Waals surface area contributed by atoms with Gasteiger partial charge in [0, 0.05) is 26.1 Å². The van der Waals surface area contributed by atoms with Gasteiger partial charge in [0.25, 0.3) is 0 Å². The first-order valence-electron chi connectivity index (χ1n) is 4.51. The number of rotatable bonds is 2. The maximum Gasteiger partial charge on any atom is 0.393 e. The molecule has 0 aromatic heterocycles. The predicted molar refractivity (Wildman–Crippen MR) is 48.4 cm³/mol. The lowest BCUT2D eigenvalue weighted by Gasteiger charge is -2.19. The quantitative estimate of drug-likeness (QED) is 0.535. The van der Waals surface area contributed by atoms with Gasteiger partial charge in [0.2, 0.25) is 0 Å². The van der Waals surface area contributed by atoms with Crippen LogP contribution in [0.4, 0.5) is 13.2 Å². The minimum atomic E-state index is -4.26. The molecule has 0 radical (unpaired) electrons. The van der Waals surface area contributed by atoms with Gasteiger partial charge in [-0.25, -0.2) is 0 Å². The summed E-state index contributed by atoms with van der Waals surface area (Å²) in [4.78, 5) is 1.22. The number of nitrogens with zero attached hydrogens (tertiary/aromatic N) is 1. The van der Waals surface area contributed by atoms with Crippen molar-refractivity contribution in [2.45, 2.75) is 6.18 Å². The molecule has 0 saturated carbocycles. The van der Waals surface area contributed by atoms with Crippen molar-refractivity contribution in [3.63, 3.8) is 0 Å². The largest absolute Gasteiger partial charge is 0.393 e. The van der Waals surface area contributed by atoms with Crippen LogP contribution in [0.15, 0.2) is 0 Å². The van der Waals surface area contributed by atoms with E-state index in [-0.39, 0.29) is 25.7 Å². The van der Waals surface area contributed by atoms with E-state index in [1.165, 1.54) is 12.0 Å². The van der Waals surface area contributed by atoms with Crippen LogP contribution < -0.4 is 5.73 Å². The number of likely N-dealkylation sites (tertiary alicyclic amines) is 1. The van der Waals surface area contributed by atoms with Gasteiger partial charge in [-0.2, -0.15) is 13.2 Å². The molecule has 0 aromatic rings. The van der Waals surface area contributed by atoms with Crippen LogP contribution in [0.25, 0.3) is 0 Å². The average Bonchev–Trinajstić information content (AvgIpc) is 2.48. The van der Waals surface area contributed by atoms with Gasteiger partial charge in [0.1, 0.15) is 0 Å². The van der Waals surface area contributed by atoms with Gasteiger partial charge >= 0.3 is 6.18 Å². The maximum absolute atomic E-state index is 12.6. The molecular formula is C8H14F3N3O. The molecule has 4 nitrogen and oxygen atoms in total. The van der Waals surface area contributed by atoms with Crippen molar-refractivity contribution in [3.05, 3.63) is 0 Å². The third kappa shape index (κ3) is 2.74. The zero-order chi connectivity index (χ0) is 11.6. The van der Waals surface area contributed by atoms with E-state index in [1.807, 2.05) is 0 Å². The van der Waals surface area contributed by atoms with Gasteiger partial charge in [-0.05, 0) is 0 Å². The fraction of sp³-hybridized carbons (Fsp3) is 0.875. The molecule has 7 heteroatoms. The predicted octanol–water partition coefficient (Wildman–Crippen LogP) is 0.637. The number of guanidine groups is 1. The molecule has 1 fully saturated rings. The first-order chi connectivity index (χ1) is 6.86. The third-order valence-electron chi connectivity index (χ3n) is 2.58. The van der Waals surface area contributed by atoms with E-state index in [9.17, 15) is 13.2 Å². The molecule has 88 valence electrons. The highest BCUT2D eigenvalue weighted by Gasteiger charge is 2.49. The molecule has 15 heavy (non-hydrogen) atoms. The van der Waals surface area contributed by atoms with Crippen LogP contribution in [0.2, 0.25) is 0 Å². The number of methoxy groups -OCH3 is 1. The van der Waals surface area contributed by atoms with Crippen LogP contribution in [0, 0.1) is 17.2 Å². The molecule has 1 saturated heterocycles. The number of hydrogen-bond acceptors (Lipinski definition) is 2. The number of hydrogen-bond donors (Lipinski definition) is 2. The van der Waals surface area contributed by atoms with Gasteiger partial charge < -0.3 is 15.4 Å². The second-order valence-corrected chi connectivity index (χ2v) is 3.65. The van der Waals surface area contributed by atoms with Crippen molar-refractivity contribution in [3.8, 4) is 0 Å². The van der Waals surface area contributed by atoms with Gasteiger partial charge in [-0.15, -0.1) is 0 Å². The fourth-order valence-electron chi connectivity index (χ4n) is 1.82. The SMILES string of the molecule is COCC1CN(C(=N)N)CC1C(F)(F)F. The van der Waals surface area contributed by atoms with E-state index in [0.29, 0.717) is 0 Å². The molecule has 1 aliphatic rings. The minimum absolute atomic E-state index is 0.0357. The van der Waals surface area contributed by atoms with Crippen LogP contribution in [-0.2, 0) is 4.74 Å². The monoisotopic (exact) mass is 225 g/mol. The Morgan fingerprint density at radius 3 is 2.53 bits per heavy atom. The normalized spacial score (nSPS) is 27.1. The van der Waals surface area contributed by atoms with Gasteiger partial charge in [-0.1, -0.05) is 0 Å². The molecule has 1 aliphatic heterocycles. The lowest BCUT2D eigenvalue weighted by Crippen LogP contribution is -2.36. The van der Waals surface area contributed by atoms with Gasteiger partial charge in [0.15, 0.2) is 5.96 Å². The summed E-state index contributed by atoms with van der Waals surface area (Å²) in [7, 11) is 1.36. The number of ether oxygens (including phenoxy) is 1. The van der Waals surface area contributed by atoms with Crippen LogP contribution >= 0.6 is 0 Å². The number of nitrogens with two attached hydrogens (primary N) is 1. The minimum Gasteiger partial charge on any atom is -0.384 e. The first-order valence-corrected chi connectivity index (χ1v) is 4.51. The standard InChI is InChI=1S/C8H14F3N3O/c1-15-4-5-2-14(7(12)13)3-6(5)8(9,10)11/h5-6H,2-4H2,1H3,(H3,12,13). The number of nitrogens with one attached hydrogen (secondary N) is 1. The summed E-state index contributed by atoms with van der Waals surface area (Å²) in [6.07, 6.45) is -4.26. The lowest BCUT2D eigenvalue weighted by molar-refractivity contribution is -0.183. The van der Waals surface area contributed by atoms with Crippen LogP contribution in [0.5, 0.6) is 0 Å². The van der Waals surface area contributed by atoms with Crippen molar-refractivity contribution >= 4 is 5.96 Å². The highest BCUT2D eigenvalue weighted by atomic mass is 19.4. The molecule has 2 atom stereocenters. The van der Waals surface area contributed by atoms with E-state index >= 15 is 0 Å². The molecule has 1 rings (SSSR count). The van der Waals surface area contributed by atoms with E-state index in [4.69, 9.17) is 15.9 Å². The van der Waals surface area contributed by atoms with E-state index in [0.717, 1.165) is 0 Å². The summed E-state index contributed by atoms with van der Waals surface area (Å²) < 4.78 is 42.5. The van der Waals surface area contributed by atoms with Gasteiger partial charge in [-0.3, -0.25) is 5.41 Å². The molecule has 3 N–H and O–H groups in total. The summed E-state index contributed by atoms with van der Waals surface area (Å²) in [6, 6.07) is 0. The zero-order valence-electron chi connectivity index (χ0n) is 8.34. The first kappa shape index (κ1) is 12.1.